The minimum absolute atomic E-state index is 0.00144. The van der Waals surface area contributed by atoms with Crippen LogP contribution in [0.25, 0.3) is 0 Å². The second kappa shape index (κ2) is 5.19. The van der Waals surface area contributed by atoms with Gasteiger partial charge in [0.25, 0.3) is 0 Å². The quantitative estimate of drug-likeness (QED) is 0.837. The van der Waals surface area contributed by atoms with Crippen molar-refractivity contribution in [2.75, 3.05) is 12.3 Å². The number of hydrogen-bond donors (Lipinski definition) is 1. The zero-order chi connectivity index (χ0) is 12.5. The van der Waals surface area contributed by atoms with E-state index in [1.807, 2.05) is 18.7 Å². The van der Waals surface area contributed by atoms with Crippen molar-refractivity contribution in [1.82, 2.24) is 10.2 Å². The van der Waals surface area contributed by atoms with Crippen LogP contribution in [0.1, 0.15) is 46.5 Å². The largest absolute Gasteiger partial charge is 0.324 e. The van der Waals surface area contributed by atoms with E-state index < -0.39 is 0 Å². The number of hydrogen-bond acceptors (Lipinski definition) is 3. The van der Waals surface area contributed by atoms with Gasteiger partial charge in [-0.25, -0.2) is 0 Å². The molecule has 2 rings (SSSR count). The molecule has 17 heavy (non-hydrogen) atoms. The Morgan fingerprint density at radius 3 is 2.94 bits per heavy atom. The Labute approximate surface area is 109 Å². The van der Waals surface area contributed by atoms with E-state index in [1.54, 1.807) is 0 Å². The molecule has 0 aliphatic carbocycles. The lowest BCUT2D eigenvalue weighted by Crippen LogP contribution is -2.44. The summed E-state index contributed by atoms with van der Waals surface area (Å²) < 4.78 is 0.285. The Bertz CT molecular complexity index is 289. The van der Waals surface area contributed by atoms with Gasteiger partial charge in [-0.05, 0) is 38.9 Å². The van der Waals surface area contributed by atoms with Gasteiger partial charge in [0.1, 0.15) is 0 Å². The number of carbonyl (C=O) groups is 1. The second-order valence-corrected chi connectivity index (χ2v) is 7.24. The SMILES string of the molecule is CCCC1NC(C)C(=O)N1CC1(C)CCCS1. The van der Waals surface area contributed by atoms with Crippen LogP contribution in [0.2, 0.25) is 0 Å². The normalized spacial score (nSPS) is 38.1. The third-order valence-electron chi connectivity index (χ3n) is 3.84. The third kappa shape index (κ3) is 2.79. The van der Waals surface area contributed by atoms with Crippen LogP contribution in [0, 0.1) is 0 Å². The number of nitrogens with zero attached hydrogens (tertiary/aromatic N) is 1. The fraction of sp³-hybridized carbons (Fsp3) is 0.923. The minimum atomic E-state index is 0.00144. The van der Waals surface area contributed by atoms with E-state index in [0.29, 0.717) is 0 Å². The first-order valence-corrected chi connectivity index (χ1v) is 7.75. The van der Waals surface area contributed by atoms with Crippen LogP contribution in [0.15, 0.2) is 0 Å². The molecule has 2 heterocycles. The van der Waals surface area contributed by atoms with Gasteiger partial charge in [-0.3, -0.25) is 10.1 Å². The van der Waals surface area contributed by atoms with Gasteiger partial charge in [0.05, 0.1) is 12.2 Å². The zero-order valence-electron chi connectivity index (χ0n) is 11.2. The van der Waals surface area contributed by atoms with Crippen LogP contribution in [-0.2, 0) is 4.79 Å². The van der Waals surface area contributed by atoms with Crippen molar-refractivity contribution < 1.29 is 4.79 Å². The maximum absolute atomic E-state index is 12.2. The predicted molar refractivity (Wildman–Crippen MR) is 73.1 cm³/mol. The van der Waals surface area contributed by atoms with Gasteiger partial charge in [0, 0.05) is 11.3 Å². The molecule has 1 N–H and O–H groups in total. The molecule has 3 unspecified atom stereocenters. The van der Waals surface area contributed by atoms with E-state index in [0.717, 1.165) is 19.4 Å². The molecule has 3 nitrogen and oxygen atoms in total. The number of thioether (sulfide) groups is 1. The lowest BCUT2D eigenvalue weighted by Gasteiger charge is -2.32. The van der Waals surface area contributed by atoms with Gasteiger partial charge >= 0.3 is 0 Å². The highest BCUT2D eigenvalue weighted by atomic mass is 32.2. The van der Waals surface area contributed by atoms with Crippen molar-refractivity contribution in [2.45, 2.75) is 63.4 Å². The topological polar surface area (TPSA) is 32.3 Å². The van der Waals surface area contributed by atoms with Crippen molar-refractivity contribution in [3.8, 4) is 0 Å². The summed E-state index contributed by atoms with van der Waals surface area (Å²) in [7, 11) is 0. The summed E-state index contributed by atoms with van der Waals surface area (Å²) in [6.07, 6.45) is 4.99. The summed E-state index contributed by atoms with van der Waals surface area (Å²) in [5.74, 6) is 1.54. The Morgan fingerprint density at radius 1 is 1.59 bits per heavy atom. The summed E-state index contributed by atoms with van der Waals surface area (Å²) in [5, 5.41) is 3.41. The fourth-order valence-electron chi connectivity index (χ4n) is 2.87. The summed E-state index contributed by atoms with van der Waals surface area (Å²) in [5.41, 5.74) is 0. The lowest BCUT2D eigenvalue weighted by atomic mass is 10.0. The van der Waals surface area contributed by atoms with Crippen molar-refractivity contribution in [3.63, 3.8) is 0 Å². The van der Waals surface area contributed by atoms with E-state index in [2.05, 4.69) is 24.1 Å². The highest BCUT2D eigenvalue weighted by Crippen LogP contribution is 2.39. The van der Waals surface area contributed by atoms with Crippen molar-refractivity contribution in [2.24, 2.45) is 0 Å². The van der Waals surface area contributed by atoms with Crippen LogP contribution in [0.4, 0.5) is 0 Å². The van der Waals surface area contributed by atoms with Gasteiger partial charge in [-0.1, -0.05) is 13.3 Å². The van der Waals surface area contributed by atoms with Gasteiger partial charge < -0.3 is 4.90 Å². The van der Waals surface area contributed by atoms with Crippen molar-refractivity contribution in [1.29, 1.82) is 0 Å². The maximum atomic E-state index is 12.2. The second-order valence-electron chi connectivity index (χ2n) is 5.56. The maximum Gasteiger partial charge on any atom is 0.240 e. The smallest absolute Gasteiger partial charge is 0.240 e. The summed E-state index contributed by atoms with van der Waals surface area (Å²) in [6, 6.07) is 0.00144. The molecule has 2 aliphatic heterocycles. The van der Waals surface area contributed by atoms with E-state index in [1.165, 1.54) is 18.6 Å². The molecule has 0 aromatic heterocycles. The van der Waals surface area contributed by atoms with Crippen LogP contribution < -0.4 is 5.32 Å². The fourth-order valence-corrected chi connectivity index (χ4v) is 4.18. The molecule has 0 aromatic carbocycles. The molecule has 3 atom stereocenters. The summed E-state index contributed by atoms with van der Waals surface area (Å²) >= 11 is 2.03. The molecule has 2 fully saturated rings. The Morgan fingerprint density at radius 2 is 2.35 bits per heavy atom. The van der Waals surface area contributed by atoms with Crippen LogP contribution in [0.5, 0.6) is 0 Å². The molecule has 4 heteroatoms. The van der Waals surface area contributed by atoms with Crippen LogP contribution in [-0.4, -0.2) is 40.1 Å². The molecule has 0 radical (unpaired) electrons. The average Bonchev–Trinajstić information content (AvgIpc) is 2.80. The van der Waals surface area contributed by atoms with Gasteiger partial charge in [-0.2, -0.15) is 11.8 Å². The van der Waals surface area contributed by atoms with Gasteiger partial charge in [-0.15, -0.1) is 0 Å². The third-order valence-corrected chi connectivity index (χ3v) is 5.36. The Balaban J connectivity index is 2.03. The van der Waals surface area contributed by atoms with E-state index in [-0.39, 0.29) is 22.9 Å². The Kier molecular flexibility index (Phi) is 4.03. The molecule has 2 saturated heterocycles. The summed E-state index contributed by atoms with van der Waals surface area (Å²) in [6.45, 7) is 7.39. The van der Waals surface area contributed by atoms with E-state index in [9.17, 15) is 4.79 Å². The summed E-state index contributed by atoms with van der Waals surface area (Å²) in [4.78, 5) is 14.3. The number of nitrogens with one attached hydrogen (secondary N) is 1. The molecule has 0 aromatic rings. The van der Waals surface area contributed by atoms with E-state index in [4.69, 9.17) is 0 Å². The standard InChI is InChI=1S/C13H24N2OS/c1-4-6-11-14-10(2)12(16)15(11)9-13(3)7-5-8-17-13/h10-11,14H,4-9H2,1-3H3. The van der Waals surface area contributed by atoms with Crippen LogP contribution in [0.3, 0.4) is 0 Å². The first-order chi connectivity index (χ1) is 8.06. The van der Waals surface area contributed by atoms with E-state index >= 15 is 0 Å². The molecular weight excluding hydrogens is 232 g/mol. The van der Waals surface area contributed by atoms with Crippen LogP contribution >= 0.6 is 11.8 Å². The molecule has 0 spiro atoms. The lowest BCUT2D eigenvalue weighted by molar-refractivity contribution is -0.130. The molecule has 98 valence electrons. The highest BCUT2D eigenvalue weighted by Gasteiger charge is 2.41. The first-order valence-electron chi connectivity index (χ1n) is 6.76. The number of carbonyl (C=O) groups excluding carboxylic acids is 1. The predicted octanol–water partition coefficient (Wildman–Crippen LogP) is 2.22. The number of rotatable bonds is 4. The monoisotopic (exact) mass is 256 g/mol. The van der Waals surface area contributed by atoms with Gasteiger partial charge in [0.15, 0.2) is 0 Å². The molecule has 0 bridgehead atoms. The molecule has 0 saturated carbocycles. The minimum Gasteiger partial charge on any atom is -0.324 e. The van der Waals surface area contributed by atoms with Gasteiger partial charge in [0.2, 0.25) is 5.91 Å². The highest BCUT2D eigenvalue weighted by molar-refractivity contribution is 8.00. The molecule has 2 aliphatic rings. The Hall–Kier alpha value is -0.220. The molecular formula is C13H24N2OS. The molecule has 1 amide bonds. The van der Waals surface area contributed by atoms with Crippen molar-refractivity contribution >= 4 is 17.7 Å². The van der Waals surface area contributed by atoms with Crippen molar-refractivity contribution in [3.05, 3.63) is 0 Å². The number of amides is 1. The first kappa shape index (κ1) is 13.2. The zero-order valence-corrected chi connectivity index (χ0v) is 12.0. The average molecular weight is 256 g/mol.